The topological polar surface area (TPSA) is 36.4 Å². The number of Topliss-reactive ketones (excluding diaryl/α,β-unsaturated/α-hetero) is 1. The van der Waals surface area contributed by atoms with Crippen molar-refractivity contribution in [1.82, 2.24) is 14.8 Å². The summed E-state index contributed by atoms with van der Waals surface area (Å²) >= 11 is 0.438. The van der Waals surface area contributed by atoms with Gasteiger partial charge < -0.3 is 0 Å². The van der Waals surface area contributed by atoms with Gasteiger partial charge in [0.25, 0.3) is 0 Å². The van der Waals surface area contributed by atoms with Crippen LogP contribution in [-0.4, -0.2) is 59.3 Å². The molecule has 0 aromatic carbocycles. The molecule has 3 aliphatic heterocycles. The number of carbonyl (C=O) groups is 1. The Morgan fingerprint density at radius 3 is 2.47 bits per heavy atom. The van der Waals surface area contributed by atoms with E-state index in [4.69, 9.17) is 0 Å². The fourth-order valence-electron chi connectivity index (χ4n) is 2.55. The molecule has 3 saturated heterocycles. The summed E-state index contributed by atoms with van der Waals surface area (Å²) < 4.78 is 37.4. The number of rotatable bonds is 2. The molecule has 0 aliphatic carbocycles. The van der Waals surface area contributed by atoms with Crippen LogP contribution < -0.4 is 0 Å². The Morgan fingerprint density at radius 2 is 2.00 bits per heavy atom. The molecule has 1 atom stereocenters. The number of fused-ring (bicyclic) bond motifs is 3. The van der Waals surface area contributed by atoms with Crippen molar-refractivity contribution in [3.8, 4) is 0 Å². The summed E-state index contributed by atoms with van der Waals surface area (Å²) in [5.41, 5.74) is 0. The molecule has 3 aliphatic rings. The highest BCUT2D eigenvalue weighted by atomic mass is 32.1. The Kier molecular flexibility index (Phi) is 3.11. The van der Waals surface area contributed by atoms with Crippen LogP contribution in [-0.2, 0) is 6.18 Å². The lowest BCUT2D eigenvalue weighted by Crippen LogP contribution is -2.63. The third-order valence-electron chi connectivity index (χ3n) is 3.57. The summed E-state index contributed by atoms with van der Waals surface area (Å²) in [5, 5.41) is -0.952. The first-order chi connectivity index (χ1) is 8.95. The fraction of sp³-hybridized carbons (Fsp3) is 0.636. The van der Waals surface area contributed by atoms with Gasteiger partial charge in [-0.1, -0.05) is 0 Å². The highest BCUT2D eigenvalue weighted by molar-refractivity contribution is 7.13. The third kappa shape index (κ3) is 2.39. The van der Waals surface area contributed by atoms with Crippen LogP contribution in [0.4, 0.5) is 13.2 Å². The molecule has 1 unspecified atom stereocenters. The summed E-state index contributed by atoms with van der Waals surface area (Å²) in [6, 6.07) is -0.316. The first-order valence-corrected chi connectivity index (χ1v) is 6.80. The Labute approximate surface area is 111 Å². The zero-order chi connectivity index (χ0) is 13.6. The van der Waals surface area contributed by atoms with E-state index in [-0.39, 0.29) is 16.7 Å². The summed E-state index contributed by atoms with van der Waals surface area (Å²) in [7, 11) is 0. The third-order valence-corrected chi connectivity index (χ3v) is 4.63. The van der Waals surface area contributed by atoms with Crippen LogP contribution in [0.25, 0.3) is 0 Å². The number of hydrogen-bond donors (Lipinski definition) is 0. The average molecular weight is 291 g/mol. The van der Waals surface area contributed by atoms with Crippen LogP contribution >= 0.6 is 11.3 Å². The molecule has 4 nitrogen and oxygen atoms in total. The second-order valence-electron chi connectivity index (χ2n) is 4.74. The van der Waals surface area contributed by atoms with E-state index in [0.717, 1.165) is 32.4 Å². The predicted octanol–water partition coefficient (Wildman–Crippen LogP) is 1.34. The zero-order valence-electron chi connectivity index (χ0n) is 9.98. The summed E-state index contributed by atoms with van der Waals surface area (Å²) in [6.07, 6.45) is -3.42. The Bertz CT molecular complexity index is 494. The smallest absolute Gasteiger partial charge is 0.299 e. The first kappa shape index (κ1) is 13.0. The van der Waals surface area contributed by atoms with Gasteiger partial charge >= 0.3 is 6.18 Å². The van der Waals surface area contributed by atoms with Gasteiger partial charge in [0, 0.05) is 38.9 Å². The van der Waals surface area contributed by atoms with Gasteiger partial charge in [0.05, 0.1) is 10.9 Å². The number of halogens is 3. The predicted molar refractivity (Wildman–Crippen MR) is 63.2 cm³/mol. The van der Waals surface area contributed by atoms with E-state index >= 15 is 0 Å². The number of hydrogen-bond acceptors (Lipinski definition) is 5. The molecule has 2 bridgehead atoms. The molecule has 8 heteroatoms. The molecule has 0 amide bonds. The molecule has 1 aromatic rings. The number of piperazine rings is 3. The van der Waals surface area contributed by atoms with Gasteiger partial charge in [0.1, 0.15) is 0 Å². The maximum Gasteiger partial charge on any atom is 0.443 e. The van der Waals surface area contributed by atoms with Gasteiger partial charge in [0.15, 0.2) is 10.8 Å². The number of alkyl halides is 3. The summed E-state index contributed by atoms with van der Waals surface area (Å²) in [6.45, 7) is 4.08. The number of nitrogens with zero attached hydrogens (tertiary/aromatic N) is 3. The van der Waals surface area contributed by atoms with E-state index in [1.807, 2.05) is 0 Å². The van der Waals surface area contributed by atoms with E-state index in [0.29, 0.717) is 17.9 Å². The van der Waals surface area contributed by atoms with Crippen molar-refractivity contribution in [3.05, 3.63) is 16.1 Å². The van der Waals surface area contributed by atoms with E-state index in [2.05, 4.69) is 14.8 Å². The lowest BCUT2D eigenvalue weighted by molar-refractivity contribution is -0.137. The van der Waals surface area contributed by atoms with Gasteiger partial charge in [0.2, 0.25) is 0 Å². The van der Waals surface area contributed by atoms with Gasteiger partial charge in [-0.3, -0.25) is 14.6 Å². The molecule has 0 N–H and O–H groups in total. The Morgan fingerprint density at radius 1 is 1.32 bits per heavy atom. The van der Waals surface area contributed by atoms with Crippen LogP contribution in [0.3, 0.4) is 0 Å². The molecule has 4 heterocycles. The average Bonchev–Trinajstić information content (AvgIpc) is 2.88. The lowest BCUT2D eigenvalue weighted by Gasteiger charge is -2.46. The molecular formula is C11H12F3N3OS. The minimum absolute atomic E-state index is 0.103. The molecule has 0 spiro atoms. The fourth-order valence-corrected chi connectivity index (χ4v) is 3.32. The SMILES string of the molecule is O=C(c1cnc(C(F)(F)F)s1)C1CN2CCN1CC2. The van der Waals surface area contributed by atoms with Crippen molar-refractivity contribution in [2.24, 2.45) is 0 Å². The van der Waals surface area contributed by atoms with Gasteiger partial charge in [-0.25, -0.2) is 4.98 Å². The maximum atomic E-state index is 12.5. The van der Waals surface area contributed by atoms with Crippen LogP contribution in [0.5, 0.6) is 0 Å². The molecule has 104 valence electrons. The van der Waals surface area contributed by atoms with Gasteiger partial charge in [-0.05, 0) is 0 Å². The van der Waals surface area contributed by atoms with E-state index in [1.165, 1.54) is 0 Å². The number of ketones is 1. The molecular weight excluding hydrogens is 279 g/mol. The summed E-state index contributed by atoms with van der Waals surface area (Å²) in [5.74, 6) is -0.239. The molecule has 0 saturated carbocycles. The van der Waals surface area contributed by atoms with E-state index < -0.39 is 11.2 Å². The monoisotopic (exact) mass is 291 g/mol. The number of carbonyl (C=O) groups excluding carboxylic acids is 1. The Hall–Kier alpha value is -0.990. The van der Waals surface area contributed by atoms with Crippen LogP contribution in [0, 0.1) is 0 Å². The number of aromatic nitrogens is 1. The van der Waals surface area contributed by atoms with E-state index in [1.54, 1.807) is 0 Å². The summed E-state index contributed by atoms with van der Waals surface area (Å²) in [4.78, 5) is 19.9. The molecule has 3 fully saturated rings. The second-order valence-corrected chi connectivity index (χ2v) is 5.77. The van der Waals surface area contributed by atoms with Crippen LogP contribution in [0.2, 0.25) is 0 Å². The van der Waals surface area contributed by atoms with Crippen molar-refractivity contribution >= 4 is 17.1 Å². The van der Waals surface area contributed by atoms with Crippen molar-refractivity contribution < 1.29 is 18.0 Å². The maximum absolute atomic E-state index is 12.5. The van der Waals surface area contributed by atoms with Crippen molar-refractivity contribution in [3.63, 3.8) is 0 Å². The molecule has 19 heavy (non-hydrogen) atoms. The Balaban J connectivity index is 1.79. The lowest BCUT2D eigenvalue weighted by atomic mass is 10.0. The van der Waals surface area contributed by atoms with Gasteiger partial charge in [-0.2, -0.15) is 13.2 Å². The molecule has 1 aromatic heterocycles. The van der Waals surface area contributed by atoms with Crippen molar-refractivity contribution in [1.29, 1.82) is 0 Å². The highest BCUT2D eigenvalue weighted by Gasteiger charge is 2.39. The highest BCUT2D eigenvalue weighted by Crippen LogP contribution is 2.33. The number of thiazole rings is 1. The van der Waals surface area contributed by atoms with E-state index in [9.17, 15) is 18.0 Å². The van der Waals surface area contributed by atoms with Crippen LogP contribution in [0.15, 0.2) is 6.20 Å². The van der Waals surface area contributed by atoms with Crippen molar-refractivity contribution in [2.75, 3.05) is 32.7 Å². The quantitative estimate of drug-likeness (QED) is 0.771. The van der Waals surface area contributed by atoms with Gasteiger partial charge in [-0.15, -0.1) is 11.3 Å². The molecule has 0 radical (unpaired) electrons. The van der Waals surface area contributed by atoms with Crippen molar-refractivity contribution in [2.45, 2.75) is 12.2 Å². The molecule has 4 rings (SSSR count). The minimum Gasteiger partial charge on any atom is -0.299 e. The first-order valence-electron chi connectivity index (χ1n) is 5.99. The standard InChI is InChI=1S/C11H12F3N3OS/c12-11(13,14)10-15-5-8(19-10)9(18)7-6-16-1-3-17(7)4-2-16/h5,7H,1-4,6H2. The zero-order valence-corrected chi connectivity index (χ0v) is 10.8. The minimum atomic E-state index is -4.47. The largest absolute Gasteiger partial charge is 0.443 e. The normalized spacial score (nSPS) is 30.6. The van der Waals surface area contributed by atoms with Crippen LogP contribution in [0.1, 0.15) is 14.7 Å². The second kappa shape index (κ2) is 4.53.